The molecule has 0 radical (unpaired) electrons. The summed E-state index contributed by atoms with van der Waals surface area (Å²) < 4.78 is 10.8. The number of unbranched alkanes of at least 4 members (excludes halogenated alkanes) is 1. The third-order valence-electron chi connectivity index (χ3n) is 1.66. The normalized spacial score (nSPS) is 10.0. The molecule has 0 rings (SSSR count). The summed E-state index contributed by atoms with van der Waals surface area (Å²) in [5.74, 6) is 0. The van der Waals surface area contributed by atoms with E-state index in [0.29, 0.717) is 6.61 Å². The van der Waals surface area contributed by atoms with Gasteiger partial charge < -0.3 is 14.3 Å². The Balaban J connectivity index is 3.09. The van der Waals surface area contributed by atoms with Crippen LogP contribution in [0.4, 0.5) is 0 Å². The number of rotatable bonds is 9. The van der Waals surface area contributed by atoms with Crippen LogP contribution in [0.5, 0.6) is 0 Å². The van der Waals surface area contributed by atoms with Crippen LogP contribution in [0.2, 0.25) is 6.82 Å². The highest BCUT2D eigenvalue weighted by molar-refractivity contribution is 6.42. The van der Waals surface area contributed by atoms with Gasteiger partial charge in [-0.1, -0.05) is 13.3 Å². The van der Waals surface area contributed by atoms with Crippen LogP contribution in [0.1, 0.15) is 26.2 Å². The Labute approximate surface area is 81.7 Å². The fraction of sp³-hybridized carbons (Fsp3) is 0.889. The zero-order valence-electron chi connectivity index (χ0n) is 8.79. The highest BCUT2D eigenvalue weighted by Crippen LogP contribution is 1.94. The van der Waals surface area contributed by atoms with E-state index in [2.05, 4.69) is 18.6 Å². The van der Waals surface area contributed by atoms with Crippen LogP contribution in [0.25, 0.3) is 0 Å². The van der Waals surface area contributed by atoms with Gasteiger partial charge in [-0.05, 0) is 26.4 Å². The van der Waals surface area contributed by atoms with E-state index < -0.39 is 0 Å². The maximum absolute atomic E-state index is 5.39. The Bertz CT molecular complexity index is 122. The van der Waals surface area contributed by atoms with Gasteiger partial charge in [0.25, 0.3) is 0 Å². The lowest BCUT2D eigenvalue weighted by atomic mass is 9.95. The standard InChI is InChI=1S/C9H20BNO2/c1-4-5-8-12-10(2)13-9-6-7-11-3/h3-9H2,1-2H3. The molecule has 0 fully saturated rings. The van der Waals surface area contributed by atoms with Crippen molar-refractivity contribution in [2.24, 2.45) is 4.99 Å². The van der Waals surface area contributed by atoms with Gasteiger partial charge in [0.05, 0.1) is 0 Å². The van der Waals surface area contributed by atoms with Gasteiger partial charge in [0.15, 0.2) is 0 Å². The van der Waals surface area contributed by atoms with Gasteiger partial charge in [0.1, 0.15) is 0 Å². The molecule has 0 aliphatic heterocycles. The van der Waals surface area contributed by atoms with Crippen molar-refractivity contribution in [2.45, 2.75) is 33.0 Å². The summed E-state index contributed by atoms with van der Waals surface area (Å²) >= 11 is 0. The van der Waals surface area contributed by atoms with Crippen molar-refractivity contribution in [3.63, 3.8) is 0 Å². The third-order valence-corrected chi connectivity index (χ3v) is 1.66. The summed E-state index contributed by atoms with van der Waals surface area (Å²) in [6.07, 6.45) is 3.18. The predicted octanol–water partition coefficient (Wildman–Crippen LogP) is 2.03. The van der Waals surface area contributed by atoms with Crippen LogP contribution in [-0.4, -0.2) is 33.6 Å². The lowest BCUT2D eigenvalue weighted by Crippen LogP contribution is -2.20. The highest BCUT2D eigenvalue weighted by Gasteiger charge is 2.08. The fourth-order valence-corrected chi connectivity index (χ4v) is 0.867. The molecule has 3 nitrogen and oxygen atoms in total. The molecule has 0 saturated heterocycles. The van der Waals surface area contributed by atoms with E-state index >= 15 is 0 Å². The second-order valence-electron chi connectivity index (χ2n) is 2.96. The zero-order valence-corrected chi connectivity index (χ0v) is 8.79. The molecule has 0 N–H and O–H groups in total. The van der Waals surface area contributed by atoms with Gasteiger partial charge in [-0.25, -0.2) is 0 Å². The Kier molecular flexibility index (Phi) is 9.48. The minimum absolute atomic E-state index is 0.0867. The molecule has 0 aliphatic carbocycles. The Morgan fingerprint density at radius 1 is 1.23 bits per heavy atom. The third kappa shape index (κ3) is 9.57. The second kappa shape index (κ2) is 9.74. The van der Waals surface area contributed by atoms with Gasteiger partial charge in [0.2, 0.25) is 0 Å². The molecule has 0 aromatic rings. The van der Waals surface area contributed by atoms with Gasteiger partial charge in [-0.3, -0.25) is 0 Å². The number of aliphatic imine (C=N–C) groups is 1. The lowest BCUT2D eigenvalue weighted by Gasteiger charge is -2.09. The molecule has 0 bridgehead atoms. The molecular weight excluding hydrogens is 165 g/mol. The van der Waals surface area contributed by atoms with Crippen LogP contribution in [0.3, 0.4) is 0 Å². The number of hydrogen-bond donors (Lipinski definition) is 0. The fourth-order valence-electron chi connectivity index (χ4n) is 0.867. The van der Waals surface area contributed by atoms with Crippen molar-refractivity contribution >= 4 is 13.8 Å². The summed E-state index contributed by atoms with van der Waals surface area (Å²) in [5, 5.41) is 0. The van der Waals surface area contributed by atoms with Crippen molar-refractivity contribution in [1.29, 1.82) is 0 Å². The molecule has 13 heavy (non-hydrogen) atoms. The average molecular weight is 185 g/mol. The van der Waals surface area contributed by atoms with Gasteiger partial charge in [-0.2, -0.15) is 0 Å². The van der Waals surface area contributed by atoms with Crippen molar-refractivity contribution in [3.05, 3.63) is 0 Å². The molecular formula is C9H20BNO2. The quantitative estimate of drug-likeness (QED) is 0.312. The summed E-state index contributed by atoms with van der Waals surface area (Å²) in [6, 6.07) is 0. The van der Waals surface area contributed by atoms with Crippen LogP contribution in [0, 0.1) is 0 Å². The summed E-state index contributed by atoms with van der Waals surface area (Å²) in [6.45, 7) is 9.73. The first kappa shape index (κ1) is 12.7. The van der Waals surface area contributed by atoms with Crippen molar-refractivity contribution in [3.8, 4) is 0 Å². The molecule has 0 saturated carbocycles. The summed E-state index contributed by atoms with van der Waals surface area (Å²) in [5.41, 5.74) is 0. The second-order valence-corrected chi connectivity index (χ2v) is 2.96. The minimum Gasteiger partial charge on any atom is -0.411 e. The van der Waals surface area contributed by atoms with E-state index in [9.17, 15) is 0 Å². The van der Waals surface area contributed by atoms with Crippen LogP contribution >= 0.6 is 0 Å². The maximum atomic E-state index is 5.39. The van der Waals surface area contributed by atoms with Crippen molar-refractivity contribution in [1.82, 2.24) is 0 Å². The Morgan fingerprint density at radius 2 is 1.85 bits per heavy atom. The molecule has 0 amide bonds. The Morgan fingerprint density at radius 3 is 2.38 bits per heavy atom. The van der Waals surface area contributed by atoms with E-state index in [-0.39, 0.29) is 7.12 Å². The van der Waals surface area contributed by atoms with Crippen LogP contribution < -0.4 is 0 Å². The van der Waals surface area contributed by atoms with E-state index in [4.69, 9.17) is 9.31 Å². The van der Waals surface area contributed by atoms with Crippen molar-refractivity contribution in [2.75, 3.05) is 19.8 Å². The maximum Gasteiger partial charge on any atom is 0.453 e. The summed E-state index contributed by atoms with van der Waals surface area (Å²) in [7, 11) is -0.0867. The largest absolute Gasteiger partial charge is 0.453 e. The summed E-state index contributed by atoms with van der Waals surface area (Å²) in [4.78, 5) is 3.74. The SMILES string of the molecule is C=NCCCOB(C)OCCCC. The van der Waals surface area contributed by atoms with Gasteiger partial charge in [-0.15, -0.1) is 0 Å². The molecule has 0 unspecified atom stereocenters. The molecule has 0 aromatic carbocycles. The molecule has 0 aliphatic rings. The monoisotopic (exact) mass is 185 g/mol. The molecule has 0 spiro atoms. The molecule has 0 aromatic heterocycles. The molecule has 0 heterocycles. The van der Waals surface area contributed by atoms with Gasteiger partial charge in [0, 0.05) is 19.8 Å². The topological polar surface area (TPSA) is 30.8 Å². The molecule has 0 atom stereocenters. The number of nitrogens with zero attached hydrogens (tertiary/aromatic N) is 1. The average Bonchev–Trinajstić information content (AvgIpc) is 2.13. The minimum atomic E-state index is -0.0867. The van der Waals surface area contributed by atoms with Crippen molar-refractivity contribution < 1.29 is 9.31 Å². The van der Waals surface area contributed by atoms with Crippen LogP contribution in [0.15, 0.2) is 4.99 Å². The van der Waals surface area contributed by atoms with E-state index in [1.54, 1.807) is 0 Å². The van der Waals surface area contributed by atoms with E-state index in [1.165, 1.54) is 0 Å². The molecule has 4 heteroatoms. The first-order chi connectivity index (χ1) is 6.31. The first-order valence-corrected chi connectivity index (χ1v) is 4.97. The van der Waals surface area contributed by atoms with Gasteiger partial charge >= 0.3 is 7.12 Å². The zero-order chi connectivity index (χ0) is 9.94. The highest BCUT2D eigenvalue weighted by atomic mass is 16.6. The Hall–Kier alpha value is -0.345. The predicted molar refractivity (Wildman–Crippen MR) is 57.5 cm³/mol. The van der Waals surface area contributed by atoms with E-state index in [1.807, 2.05) is 6.82 Å². The first-order valence-electron chi connectivity index (χ1n) is 4.97. The number of hydrogen-bond acceptors (Lipinski definition) is 3. The van der Waals surface area contributed by atoms with Crippen LogP contribution in [-0.2, 0) is 9.31 Å². The lowest BCUT2D eigenvalue weighted by molar-refractivity contribution is 0.198. The van der Waals surface area contributed by atoms with E-state index in [0.717, 1.165) is 32.4 Å². The molecule has 76 valence electrons. The smallest absolute Gasteiger partial charge is 0.411 e.